The molecule has 3 unspecified atom stereocenters. The third-order valence-electron chi connectivity index (χ3n) is 5.90. The van der Waals surface area contributed by atoms with Gasteiger partial charge in [-0.3, -0.25) is 9.59 Å². The van der Waals surface area contributed by atoms with Crippen molar-refractivity contribution >= 4 is 11.9 Å². The second kappa shape index (κ2) is 6.37. The van der Waals surface area contributed by atoms with Crippen LogP contribution in [0.1, 0.15) is 64.2 Å². The number of aliphatic carboxylic acids is 1. The Hall–Kier alpha value is -1.06. The number of hydrogen-bond acceptors (Lipinski definition) is 2. The topological polar surface area (TPSA) is 57.6 Å². The molecule has 3 rings (SSSR count). The minimum Gasteiger partial charge on any atom is -0.481 e. The lowest BCUT2D eigenvalue weighted by molar-refractivity contribution is -0.146. The van der Waals surface area contributed by atoms with Crippen LogP contribution in [0.5, 0.6) is 0 Å². The molecule has 2 saturated carbocycles. The third-order valence-corrected chi connectivity index (χ3v) is 5.90. The molecule has 1 aliphatic heterocycles. The molecule has 4 heteroatoms. The summed E-state index contributed by atoms with van der Waals surface area (Å²) in [4.78, 5) is 26.2. The van der Waals surface area contributed by atoms with Crippen molar-refractivity contribution < 1.29 is 14.7 Å². The first kappa shape index (κ1) is 14.9. The molecule has 0 aromatic heterocycles. The average Bonchev–Trinajstić information content (AvgIpc) is 3.17. The minimum absolute atomic E-state index is 0.0400. The fourth-order valence-corrected chi connectivity index (χ4v) is 4.77. The summed E-state index contributed by atoms with van der Waals surface area (Å²) in [6, 6.07) is 0.449. The molecule has 0 spiro atoms. The van der Waals surface area contributed by atoms with E-state index in [-0.39, 0.29) is 17.7 Å². The maximum atomic E-state index is 12.9. The second-order valence-electron chi connectivity index (χ2n) is 7.18. The van der Waals surface area contributed by atoms with E-state index in [1.807, 2.05) is 0 Å². The first-order valence-electron chi connectivity index (χ1n) is 8.70. The zero-order valence-corrected chi connectivity index (χ0v) is 12.8. The van der Waals surface area contributed by atoms with E-state index in [9.17, 15) is 14.7 Å². The number of likely N-dealkylation sites (tertiary alicyclic amines) is 1. The van der Waals surface area contributed by atoms with Gasteiger partial charge in [0.05, 0.1) is 5.92 Å². The summed E-state index contributed by atoms with van der Waals surface area (Å²) < 4.78 is 0. The number of carboxylic acid groups (broad SMARTS) is 1. The second-order valence-corrected chi connectivity index (χ2v) is 7.18. The summed E-state index contributed by atoms with van der Waals surface area (Å²) >= 11 is 0. The molecule has 2 aliphatic carbocycles. The summed E-state index contributed by atoms with van der Waals surface area (Å²) in [5.41, 5.74) is 0. The molecule has 4 nitrogen and oxygen atoms in total. The normalized spacial score (nSPS) is 34.3. The van der Waals surface area contributed by atoms with Crippen molar-refractivity contribution in [3.63, 3.8) is 0 Å². The van der Waals surface area contributed by atoms with Crippen molar-refractivity contribution in [2.75, 3.05) is 6.54 Å². The SMILES string of the molecule is O=C(O)C1CCCC(C(=O)N2CCCC2C2CCCC2)C1. The van der Waals surface area contributed by atoms with E-state index in [0.717, 1.165) is 38.6 Å². The van der Waals surface area contributed by atoms with Gasteiger partial charge in [-0.2, -0.15) is 0 Å². The van der Waals surface area contributed by atoms with Crippen molar-refractivity contribution in [1.82, 2.24) is 4.90 Å². The molecule has 21 heavy (non-hydrogen) atoms. The first-order chi connectivity index (χ1) is 10.2. The van der Waals surface area contributed by atoms with E-state index in [1.165, 1.54) is 25.7 Å². The minimum atomic E-state index is -0.721. The van der Waals surface area contributed by atoms with E-state index in [0.29, 0.717) is 18.4 Å². The highest BCUT2D eigenvalue weighted by molar-refractivity contribution is 5.81. The van der Waals surface area contributed by atoms with Gasteiger partial charge in [0.2, 0.25) is 5.91 Å². The number of hydrogen-bond donors (Lipinski definition) is 1. The Balaban J connectivity index is 1.64. The largest absolute Gasteiger partial charge is 0.481 e. The van der Waals surface area contributed by atoms with Gasteiger partial charge in [-0.05, 0) is 50.9 Å². The van der Waals surface area contributed by atoms with Crippen LogP contribution in [0.25, 0.3) is 0 Å². The van der Waals surface area contributed by atoms with E-state index < -0.39 is 5.97 Å². The van der Waals surface area contributed by atoms with Crippen LogP contribution in [0.3, 0.4) is 0 Å². The fraction of sp³-hybridized carbons (Fsp3) is 0.882. The predicted octanol–water partition coefficient (Wildman–Crippen LogP) is 3.06. The van der Waals surface area contributed by atoms with Gasteiger partial charge in [0.15, 0.2) is 0 Å². The Labute approximate surface area is 126 Å². The van der Waals surface area contributed by atoms with Crippen molar-refractivity contribution in [3.8, 4) is 0 Å². The van der Waals surface area contributed by atoms with Gasteiger partial charge >= 0.3 is 5.97 Å². The van der Waals surface area contributed by atoms with Gasteiger partial charge in [-0.25, -0.2) is 0 Å². The molecule has 118 valence electrons. The maximum Gasteiger partial charge on any atom is 0.306 e. The zero-order valence-electron chi connectivity index (χ0n) is 12.8. The van der Waals surface area contributed by atoms with E-state index in [4.69, 9.17) is 0 Å². The van der Waals surface area contributed by atoms with Gasteiger partial charge in [-0.15, -0.1) is 0 Å². The summed E-state index contributed by atoms with van der Waals surface area (Å²) in [6.45, 7) is 0.897. The third kappa shape index (κ3) is 3.09. The number of amides is 1. The molecular formula is C17H27NO3. The van der Waals surface area contributed by atoms with E-state index >= 15 is 0 Å². The van der Waals surface area contributed by atoms with Crippen LogP contribution in [0.15, 0.2) is 0 Å². The lowest BCUT2D eigenvalue weighted by Crippen LogP contribution is -2.44. The molecule has 0 aromatic carbocycles. The number of carboxylic acids is 1. The monoisotopic (exact) mass is 293 g/mol. The van der Waals surface area contributed by atoms with Crippen LogP contribution in [-0.4, -0.2) is 34.5 Å². The van der Waals surface area contributed by atoms with Gasteiger partial charge in [-0.1, -0.05) is 19.3 Å². The van der Waals surface area contributed by atoms with Gasteiger partial charge < -0.3 is 10.0 Å². The lowest BCUT2D eigenvalue weighted by atomic mass is 9.80. The smallest absolute Gasteiger partial charge is 0.306 e. The molecule has 1 N–H and O–H groups in total. The highest BCUT2D eigenvalue weighted by atomic mass is 16.4. The lowest BCUT2D eigenvalue weighted by Gasteiger charge is -2.34. The highest BCUT2D eigenvalue weighted by Gasteiger charge is 2.40. The Bertz CT molecular complexity index is 403. The van der Waals surface area contributed by atoms with Crippen LogP contribution < -0.4 is 0 Å². The fourth-order valence-electron chi connectivity index (χ4n) is 4.77. The molecule has 0 bridgehead atoms. The van der Waals surface area contributed by atoms with Crippen LogP contribution >= 0.6 is 0 Å². The van der Waals surface area contributed by atoms with E-state index in [2.05, 4.69) is 4.90 Å². The van der Waals surface area contributed by atoms with Crippen LogP contribution in [0.2, 0.25) is 0 Å². The van der Waals surface area contributed by atoms with Crippen molar-refractivity contribution in [1.29, 1.82) is 0 Å². The van der Waals surface area contributed by atoms with Gasteiger partial charge in [0, 0.05) is 18.5 Å². The highest BCUT2D eigenvalue weighted by Crippen LogP contribution is 2.38. The number of carbonyl (C=O) groups excluding carboxylic acids is 1. The summed E-state index contributed by atoms with van der Waals surface area (Å²) in [6.07, 6.45) is 10.5. The summed E-state index contributed by atoms with van der Waals surface area (Å²) in [5, 5.41) is 9.20. The van der Waals surface area contributed by atoms with Crippen LogP contribution in [-0.2, 0) is 9.59 Å². The Morgan fingerprint density at radius 2 is 1.57 bits per heavy atom. The quantitative estimate of drug-likeness (QED) is 0.870. The summed E-state index contributed by atoms with van der Waals surface area (Å²) in [5.74, 6) is -0.103. The average molecular weight is 293 g/mol. The molecule has 3 fully saturated rings. The Kier molecular flexibility index (Phi) is 4.51. The molecule has 3 aliphatic rings. The van der Waals surface area contributed by atoms with Crippen LogP contribution in [0, 0.1) is 17.8 Å². The van der Waals surface area contributed by atoms with Crippen LogP contribution in [0.4, 0.5) is 0 Å². The van der Waals surface area contributed by atoms with Gasteiger partial charge in [0.25, 0.3) is 0 Å². The van der Waals surface area contributed by atoms with Crippen molar-refractivity contribution in [3.05, 3.63) is 0 Å². The maximum absolute atomic E-state index is 12.9. The molecule has 0 radical (unpaired) electrons. The molecule has 1 heterocycles. The Morgan fingerprint density at radius 3 is 2.29 bits per heavy atom. The molecular weight excluding hydrogens is 266 g/mol. The standard InChI is InChI=1S/C17H27NO3/c19-16(13-7-3-8-14(11-13)17(20)21)18-10-4-9-15(18)12-5-1-2-6-12/h12-15H,1-11H2,(H,20,21). The zero-order chi connectivity index (χ0) is 14.8. The molecule has 1 saturated heterocycles. The number of rotatable bonds is 3. The summed E-state index contributed by atoms with van der Waals surface area (Å²) in [7, 11) is 0. The number of nitrogens with zero attached hydrogens (tertiary/aromatic N) is 1. The van der Waals surface area contributed by atoms with Crippen molar-refractivity contribution in [2.45, 2.75) is 70.3 Å². The first-order valence-corrected chi connectivity index (χ1v) is 8.70. The molecule has 3 atom stereocenters. The molecule has 1 amide bonds. The van der Waals surface area contributed by atoms with Crippen molar-refractivity contribution in [2.24, 2.45) is 17.8 Å². The number of carbonyl (C=O) groups is 2. The molecule has 0 aromatic rings. The predicted molar refractivity (Wildman–Crippen MR) is 79.8 cm³/mol. The Morgan fingerprint density at radius 1 is 0.857 bits per heavy atom. The van der Waals surface area contributed by atoms with Gasteiger partial charge in [0.1, 0.15) is 0 Å². The van der Waals surface area contributed by atoms with E-state index in [1.54, 1.807) is 0 Å².